The Bertz CT molecular complexity index is 979. The SMILES string of the molecule is O=C(CC(=O)c1cc2c(o1)C(=O)c1ccccc1C2=O)OCCOC(=O)[C@H](O)CO. The fraction of sp³-hybridized carbons (Fsp3) is 0.250. The summed E-state index contributed by atoms with van der Waals surface area (Å²) in [6, 6.07) is 7.31. The smallest absolute Gasteiger partial charge is 0.337 e. The average molecular weight is 416 g/mol. The first kappa shape index (κ1) is 21.1. The molecule has 0 aliphatic heterocycles. The Morgan fingerprint density at radius 1 is 0.967 bits per heavy atom. The number of fused-ring (bicyclic) bond motifs is 2. The van der Waals surface area contributed by atoms with Gasteiger partial charge in [0.2, 0.25) is 11.6 Å². The molecule has 3 rings (SSSR count). The zero-order valence-corrected chi connectivity index (χ0v) is 15.5. The van der Waals surface area contributed by atoms with Crippen LogP contribution in [0.3, 0.4) is 0 Å². The van der Waals surface area contributed by atoms with Crippen molar-refractivity contribution in [1.82, 2.24) is 0 Å². The van der Waals surface area contributed by atoms with Gasteiger partial charge >= 0.3 is 11.9 Å². The Hall–Kier alpha value is -3.63. The summed E-state index contributed by atoms with van der Waals surface area (Å²) in [6.07, 6.45) is -2.42. The molecule has 10 nitrogen and oxygen atoms in total. The van der Waals surface area contributed by atoms with Crippen LogP contribution in [0.1, 0.15) is 49.0 Å². The minimum atomic E-state index is -1.69. The van der Waals surface area contributed by atoms with E-state index in [2.05, 4.69) is 4.74 Å². The van der Waals surface area contributed by atoms with E-state index in [0.29, 0.717) is 0 Å². The Morgan fingerprint density at radius 2 is 1.60 bits per heavy atom. The molecule has 0 saturated heterocycles. The summed E-state index contributed by atoms with van der Waals surface area (Å²) in [4.78, 5) is 60.2. The molecule has 0 amide bonds. The van der Waals surface area contributed by atoms with Crippen molar-refractivity contribution in [2.75, 3.05) is 19.8 Å². The monoisotopic (exact) mass is 416 g/mol. The van der Waals surface area contributed by atoms with Crippen LogP contribution >= 0.6 is 0 Å². The lowest BCUT2D eigenvalue weighted by molar-refractivity contribution is -0.159. The molecule has 0 fully saturated rings. The van der Waals surface area contributed by atoms with Gasteiger partial charge in [-0.15, -0.1) is 0 Å². The van der Waals surface area contributed by atoms with E-state index in [9.17, 15) is 24.0 Å². The van der Waals surface area contributed by atoms with Crippen molar-refractivity contribution in [3.05, 3.63) is 58.5 Å². The van der Waals surface area contributed by atoms with E-state index in [1.165, 1.54) is 12.1 Å². The number of ketones is 3. The number of furan rings is 1. The fourth-order valence-corrected chi connectivity index (χ4v) is 2.75. The number of benzene rings is 1. The molecule has 30 heavy (non-hydrogen) atoms. The molecule has 2 N–H and O–H groups in total. The molecule has 0 unspecified atom stereocenters. The Labute approximate surface area is 169 Å². The Balaban J connectivity index is 1.58. The standard InChI is InChI=1S/C20H16O10/c21-9-14(23)20(27)29-6-5-28-16(24)8-13(22)15-7-12-17(25)10-3-1-2-4-11(10)18(26)19(12)30-15/h1-4,7,14,21,23H,5-6,8-9H2/t14-/m1/s1. The number of aliphatic hydroxyl groups is 2. The van der Waals surface area contributed by atoms with Crippen molar-refractivity contribution < 1.29 is 48.1 Å². The third-order valence-electron chi connectivity index (χ3n) is 4.21. The maximum atomic E-state index is 12.5. The van der Waals surface area contributed by atoms with Crippen molar-refractivity contribution in [1.29, 1.82) is 0 Å². The maximum Gasteiger partial charge on any atom is 0.337 e. The van der Waals surface area contributed by atoms with Gasteiger partial charge in [0.15, 0.2) is 23.4 Å². The lowest BCUT2D eigenvalue weighted by atomic mass is 9.88. The van der Waals surface area contributed by atoms with Gasteiger partial charge in [-0.1, -0.05) is 24.3 Å². The van der Waals surface area contributed by atoms with Crippen molar-refractivity contribution in [2.24, 2.45) is 0 Å². The van der Waals surface area contributed by atoms with E-state index in [1.807, 2.05) is 0 Å². The van der Waals surface area contributed by atoms with Crippen LogP contribution in [-0.4, -0.2) is 65.4 Å². The van der Waals surface area contributed by atoms with Crippen LogP contribution in [0.2, 0.25) is 0 Å². The highest BCUT2D eigenvalue weighted by molar-refractivity contribution is 6.28. The van der Waals surface area contributed by atoms with Crippen LogP contribution in [-0.2, 0) is 19.1 Å². The van der Waals surface area contributed by atoms with Gasteiger partial charge in [0, 0.05) is 11.1 Å². The van der Waals surface area contributed by atoms with Gasteiger partial charge in [-0.3, -0.25) is 19.2 Å². The molecule has 1 atom stereocenters. The highest BCUT2D eigenvalue weighted by atomic mass is 16.6. The highest BCUT2D eigenvalue weighted by Crippen LogP contribution is 2.30. The molecule has 10 heteroatoms. The van der Waals surface area contributed by atoms with Gasteiger partial charge in [0.25, 0.3) is 0 Å². The number of carbonyl (C=O) groups is 5. The van der Waals surface area contributed by atoms with Crippen LogP contribution in [0.5, 0.6) is 0 Å². The predicted molar refractivity (Wildman–Crippen MR) is 96.0 cm³/mol. The number of rotatable bonds is 8. The van der Waals surface area contributed by atoms with Gasteiger partial charge < -0.3 is 24.1 Å². The number of ether oxygens (including phenoxy) is 2. The molecule has 0 radical (unpaired) electrons. The lowest BCUT2D eigenvalue weighted by Gasteiger charge is -2.11. The molecule has 0 bridgehead atoms. The van der Waals surface area contributed by atoms with E-state index in [-0.39, 0.29) is 41.4 Å². The molecular formula is C20H16O10. The normalized spacial score (nSPS) is 13.3. The van der Waals surface area contributed by atoms with Crippen molar-refractivity contribution in [3.63, 3.8) is 0 Å². The zero-order chi connectivity index (χ0) is 21.8. The molecule has 1 aliphatic carbocycles. The van der Waals surface area contributed by atoms with Crippen LogP contribution in [0.15, 0.2) is 34.7 Å². The fourth-order valence-electron chi connectivity index (χ4n) is 2.75. The maximum absolute atomic E-state index is 12.5. The number of carbonyl (C=O) groups excluding carboxylic acids is 5. The third kappa shape index (κ3) is 4.19. The number of hydrogen-bond donors (Lipinski definition) is 2. The van der Waals surface area contributed by atoms with Crippen LogP contribution in [0, 0.1) is 0 Å². The first-order chi connectivity index (χ1) is 14.3. The largest absolute Gasteiger partial charge is 0.462 e. The van der Waals surface area contributed by atoms with E-state index in [4.69, 9.17) is 19.4 Å². The summed E-state index contributed by atoms with van der Waals surface area (Å²) >= 11 is 0. The van der Waals surface area contributed by atoms with Crippen molar-refractivity contribution >= 4 is 29.3 Å². The predicted octanol–water partition coefficient (Wildman–Crippen LogP) is 0.0674. The summed E-state index contributed by atoms with van der Waals surface area (Å²) in [6.45, 7) is -1.57. The molecule has 1 aromatic carbocycles. The molecule has 1 heterocycles. The number of esters is 2. The minimum Gasteiger partial charge on any atom is -0.462 e. The third-order valence-corrected chi connectivity index (χ3v) is 4.21. The minimum absolute atomic E-state index is 0.0511. The van der Waals surface area contributed by atoms with Crippen LogP contribution in [0.4, 0.5) is 0 Å². The molecule has 1 aliphatic rings. The average Bonchev–Trinajstić information content (AvgIpc) is 3.20. The van der Waals surface area contributed by atoms with E-state index in [0.717, 1.165) is 6.07 Å². The highest BCUT2D eigenvalue weighted by Gasteiger charge is 2.34. The lowest BCUT2D eigenvalue weighted by Crippen LogP contribution is -2.28. The zero-order valence-electron chi connectivity index (χ0n) is 15.5. The van der Waals surface area contributed by atoms with Gasteiger partial charge in [0.1, 0.15) is 19.6 Å². The summed E-state index contributed by atoms with van der Waals surface area (Å²) in [5, 5.41) is 17.6. The first-order valence-corrected chi connectivity index (χ1v) is 8.80. The van der Waals surface area contributed by atoms with Crippen molar-refractivity contribution in [2.45, 2.75) is 12.5 Å². The summed E-state index contributed by atoms with van der Waals surface area (Å²) in [7, 11) is 0. The van der Waals surface area contributed by atoms with Gasteiger partial charge in [-0.05, 0) is 6.07 Å². The Morgan fingerprint density at radius 3 is 2.27 bits per heavy atom. The van der Waals surface area contributed by atoms with Crippen molar-refractivity contribution in [3.8, 4) is 0 Å². The number of Topliss-reactive ketones (excluding diaryl/α,β-unsaturated/α-hetero) is 1. The molecular weight excluding hydrogens is 400 g/mol. The summed E-state index contributed by atoms with van der Waals surface area (Å²) in [5.41, 5.74) is 0.323. The van der Waals surface area contributed by atoms with Gasteiger partial charge in [-0.25, -0.2) is 4.79 Å². The second kappa shape index (κ2) is 8.80. The van der Waals surface area contributed by atoms with E-state index < -0.39 is 48.4 Å². The second-order valence-electron chi connectivity index (χ2n) is 6.24. The van der Waals surface area contributed by atoms with E-state index in [1.54, 1.807) is 12.1 Å². The van der Waals surface area contributed by atoms with E-state index >= 15 is 0 Å². The van der Waals surface area contributed by atoms with Gasteiger partial charge in [-0.2, -0.15) is 0 Å². The Kier molecular flexibility index (Phi) is 6.19. The first-order valence-electron chi connectivity index (χ1n) is 8.80. The molecule has 156 valence electrons. The molecule has 0 saturated carbocycles. The van der Waals surface area contributed by atoms with Gasteiger partial charge in [0.05, 0.1) is 12.2 Å². The quantitative estimate of drug-likeness (QED) is 0.223. The molecule has 2 aromatic rings. The molecule has 1 aromatic heterocycles. The number of hydrogen-bond acceptors (Lipinski definition) is 10. The van der Waals surface area contributed by atoms with Crippen LogP contribution < -0.4 is 0 Å². The molecule has 0 spiro atoms. The summed E-state index contributed by atoms with van der Waals surface area (Å²) < 4.78 is 14.5. The topological polar surface area (TPSA) is 157 Å². The number of aliphatic hydroxyl groups excluding tert-OH is 2. The van der Waals surface area contributed by atoms with Crippen LogP contribution in [0.25, 0.3) is 0 Å². The summed E-state index contributed by atoms with van der Waals surface area (Å²) in [5.74, 6) is -4.41. The second-order valence-corrected chi connectivity index (χ2v) is 6.24.